The molecule has 5 nitrogen and oxygen atoms in total. The lowest BCUT2D eigenvalue weighted by Gasteiger charge is -2.11. The minimum absolute atomic E-state index is 0.134. The average molecular weight is 252 g/mol. The van der Waals surface area contributed by atoms with Crippen molar-refractivity contribution in [2.24, 2.45) is 11.7 Å². The summed E-state index contributed by atoms with van der Waals surface area (Å²) < 4.78 is 5.27. The SMILES string of the molecule is CC(C)CC(CN)c1nc(-c2cscn2)no1. The summed E-state index contributed by atoms with van der Waals surface area (Å²) in [6.07, 6.45) is 0.954. The summed E-state index contributed by atoms with van der Waals surface area (Å²) in [6, 6.07) is 0. The fourth-order valence-corrected chi connectivity index (χ4v) is 2.23. The predicted molar refractivity (Wildman–Crippen MR) is 66.7 cm³/mol. The molecule has 0 saturated heterocycles. The first-order valence-electron chi connectivity index (χ1n) is 5.63. The van der Waals surface area contributed by atoms with E-state index >= 15 is 0 Å². The molecule has 0 amide bonds. The van der Waals surface area contributed by atoms with E-state index in [0.29, 0.717) is 24.2 Å². The Balaban J connectivity index is 2.16. The summed E-state index contributed by atoms with van der Waals surface area (Å²) in [5.41, 5.74) is 8.24. The van der Waals surface area contributed by atoms with Crippen LogP contribution in [0.5, 0.6) is 0 Å². The second kappa shape index (κ2) is 5.37. The molecule has 2 aromatic rings. The Kier molecular flexibility index (Phi) is 3.86. The van der Waals surface area contributed by atoms with Crippen LogP contribution in [0, 0.1) is 5.92 Å². The van der Waals surface area contributed by atoms with Crippen molar-refractivity contribution in [1.29, 1.82) is 0 Å². The van der Waals surface area contributed by atoms with Gasteiger partial charge in [0.15, 0.2) is 0 Å². The molecule has 2 heterocycles. The summed E-state index contributed by atoms with van der Waals surface area (Å²) in [4.78, 5) is 8.51. The molecular weight excluding hydrogens is 236 g/mol. The minimum Gasteiger partial charge on any atom is -0.339 e. The molecule has 0 bridgehead atoms. The first-order chi connectivity index (χ1) is 8.20. The number of rotatable bonds is 5. The van der Waals surface area contributed by atoms with E-state index < -0.39 is 0 Å². The maximum atomic E-state index is 5.74. The summed E-state index contributed by atoms with van der Waals surface area (Å²) >= 11 is 1.51. The molecule has 0 aromatic carbocycles. The van der Waals surface area contributed by atoms with E-state index in [1.54, 1.807) is 5.51 Å². The van der Waals surface area contributed by atoms with Crippen LogP contribution >= 0.6 is 11.3 Å². The molecular formula is C11H16N4OS. The minimum atomic E-state index is 0.134. The van der Waals surface area contributed by atoms with Gasteiger partial charge in [-0.25, -0.2) is 4.98 Å². The molecule has 17 heavy (non-hydrogen) atoms. The highest BCUT2D eigenvalue weighted by Crippen LogP contribution is 2.23. The van der Waals surface area contributed by atoms with Gasteiger partial charge in [-0.05, 0) is 12.3 Å². The van der Waals surface area contributed by atoms with Crippen molar-refractivity contribution in [3.63, 3.8) is 0 Å². The Morgan fingerprint density at radius 2 is 2.29 bits per heavy atom. The largest absolute Gasteiger partial charge is 0.339 e. The summed E-state index contributed by atoms with van der Waals surface area (Å²) in [7, 11) is 0. The standard InChI is InChI=1S/C11H16N4OS/c1-7(2)3-8(4-12)11-14-10(15-16-11)9-5-17-6-13-9/h5-8H,3-4,12H2,1-2H3. The normalized spacial score (nSPS) is 13.2. The fraction of sp³-hybridized carbons (Fsp3) is 0.545. The van der Waals surface area contributed by atoms with Crippen molar-refractivity contribution in [3.8, 4) is 11.5 Å². The Bertz CT molecular complexity index is 452. The molecule has 0 saturated carbocycles. The zero-order chi connectivity index (χ0) is 12.3. The number of hydrogen-bond donors (Lipinski definition) is 1. The molecule has 6 heteroatoms. The zero-order valence-corrected chi connectivity index (χ0v) is 10.8. The predicted octanol–water partition coefficient (Wildman–Crippen LogP) is 2.28. The van der Waals surface area contributed by atoms with Crippen LogP contribution in [0.25, 0.3) is 11.5 Å². The Morgan fingerprint density at radius 3 is 2.88 bits per heavy atom. The lowest BCUT2D eigenvalue weighted by Crippen LogP contribution is -2.15. The highest BCUT2D eigenvalue weighted by Gasteiger charge is 2.19. The smallest absolute Gasteiger partial charge is 0.231 e. The second-order valence-corrected chi connectivity index (χ2v) is 5.11. The first kappa shape index (κ1) is 12.2. The molecule has 2 rings (SSSR count). The molecule has 0 spiro atoms. The topological polar surface area (TPSA) is 77.8 Å². The molecule has 92 valence electrons. The fourth-order valence-electron chi connectivity index (χ4n) is 1.69. The summed E-state index contributed by atoms with van der Waals surface area (Å²) in [6.45, 7) is 4.83. The quantitative estimate of drug-likeness (QED) is 0.883. The van der Waals surface area contributed by atoms with Crippen LogP contribution in [0.4, 0.5) is 0 Å². The van der Waals surface area contributed by atoms with Crippen molar-refractivity contribution >= 4 is 11.3 Å². The highest BCUT2D eigenvalue weighted by molar-refractivity contribution is 7.07. The monoisotopic (exact) mass is 252 g/mol. The van der Waals surface area contributed by atoms with Crippen LogP contribution in [0.15, 0.2) is 15.4 Å². The van der Waals surface area contributed by atoms with Crippen LogP contribution in [-0.4, -0.2) is 21.7 Å². The second-order valence-electron chi connectivity index (χ2n) is 4.39. The van der Waals surface area contributed by atoms with Gasteiger partial charge in [0.1, 0.15) is 5.69 Å². The van der Waals surface area contributed by atoms with E-state index in [1.165, 1.54) is 11.3 Å². The zero-order valence-electron chi connectivity index (χ0n) is 9.96. The molecule has 0 aliphatic carbocycles. The summed E-state index contributed by atoms with van der Waals surface area (Å²) in [5.74, 6) is 1.85. The van der Waals surface area contributed by atoms with E-state index in [0.717, 1.165) is 12.1 Å². The van der Waals surface area contributed by atoms with Crippen LogP contribution in [0.1, 0.15) is 32.1 Å². The number of nitrogens with zero attached hydrogens (tertiary/aromatic N) is 3. The van der Waals surface area contributed by atoms with Crippen molar-refractivity contribution in [2.75, 3.05) is 6.54 Å². The number of nitrogens with two attached hydrogens (primary N) is 1. The van der Waals surface area contributed by atoms with Crippen LogP contribution < -0.4 is 5.73 Å². The maximum absolute atomic E-state index is 5.74. The van der Waals surface area contributed by atoms with E-state index in [9.17, 15) is 0 Å². The van der Waals surface area contributed by atoms with Crippen LogP contribution in [0.2, 0.25) is 0 Å². The van der Waals surface area contributed by atoms with Gasteiger partial charge >= 0.3 is 0 Å². The molecule has 1 atom stereocenters. The molecule has 1 unspecified atom stereocenters. The van der Waals surface area contributed by atoms with Gasteiger partial charge in [-0.3, -0.25) is 0 Å². The van der Waals surface area contributed by atoms with Crippen molar-refractivity contribution in [3.05, 3.63) is 16.8 Å². The highest BCUT2D eigenvalue weighted by atomic mass is 32.1. The molecule has 0 aliphatic rings. The average Bonchev–Trinajstić information content (AvgIpc) is 2.95. The third kappa shape index (κ3) is 2.89. The Labute approximate surface area is 104 Å². The van der Waals surface area contributed by atoms with Crippen molar-refractivity contribution in [2.45, 2.75) is 26.2 Å². The first-order valence-corrected chi connectivity index (χ1v) is 6.57. The Morgan fingerprint density at radius 1 is 1.47 bits per heavy atom. The van der Waals surface area contributed by atoms with E-state index in [-0.39, 0.29) is 5.92 Å². The van der Waals surface area contributed by atoms with Gasteiger partial charge in [-0.15, -0.1) is 11.3 Å². The molecule has 0 fully saturated rings. The van der Waals surface area contributed by atoms with Gasteiger partial charge in [0.25, 0.3) is 0 Å². The van der Waals surface area contributed by atoms with Crippen LogP contribution in [0.3, 0.4) is 0 Å². The number of thiazole rings is 1. The molecule has 2 N–H and O–H groups in total. The van der Waals surface area contributed by atoms with Gasteiger partial charge in [0, 0.05) is 11.9 Å². The van der Waals surface area contributed by atoms with Gasteiger partial charge < -0.3 is 10.3 Å². The van der Waals surface area contributed by atoms with Crippen LogP contribution in [-0.2, 0) is 0 Å². The van der Waals surface area contributed by atoms with Gasteiger partial charge in [-0.2, -0.15) is 4.98 Å². The number of hydrogen-bond acceptors (Lipinski definition) is 6. The van der Waals surface area contributed by atoms with Gasteiger partial charge in [0.2, 0.25) is 11.7 Å². The Hall–Kier alpha value is -1.27. The molecule has 0 aliphatic heterocycles. The van der Waals surface area contributed by atoms with E-state index in [2.05, 4.69) is 29.0 Å². The lowest BCUT2D eigenvalue weighted by molar-refractivity contribution is 0.334. The summed E-state index contributed by atoms with van der Waals surface area (Å²) in [5, 5.41) is 5.83. The molecule has 2 aromatic heterocycles. The van der Waals surface area contributed by atoms with E-state index in [4.69, 9.17) is 10.3 Å². The van der Waals surface area contributed by atoms with E-state index in [1.807, 2.05) is 5.38 Å². The third-order valence-electron chi connectivity index (χ3n) is 2.49. The van der Waals surface area contributed by atoms with Gasteiger partial charge in [-0.1, -0.05) is 19.0 Å². The third-order valence-corrected chi connectivity index (χ3v) is 3.08. The van der Waals surface area contributed by atoms with Crippen molar-refractivity contribution in [1.82, 2.24) is 15.1 Å². The lowest BCUT2D eigenvalue weighted by atomic mass is 9.97. The maximum Gasteiger partial charge on any atom is 0.231 e. The van der Waals surface area contributed by atoms with Gasteiger partial charge in [0.05, 0.1) is 11.4 Å². The van der Waals surface area contributed by atoms with Crippen molar-refractivity contribution < 1.29 is 4.52 Å². The number of aromatic nitrogens is 3. The molecule has 0 radical (unpaired) electrons.